The zero-order chi connectivity index (χ0) is 13.7. The molecule has 0 aliphatic heterocycles. The van der Waals surface area contributed by atoms with Gasteiger partial charge in [0.1, 0.15) is 5.69 Å². The van der Waals surface area contributed by atoms with Gasteiger partial charge in [-0.2, -0.15) is 0 Å². The van der Waals surface area contributed by atoms with Gasteiger partial charge in [-0.25, -0.2) is 4.79 Å². The molecule has 0 radical (unpaired) electrons. The van der Waals surface area contributed by atoms with E-state index < -0.39 is 10.9 Å². The number of hydrogen-bond acceptors (Lipinski definition) is 4. The number of nitro benzene ring substituents is 1. The van der Waals surface area contributed by atoms with Crippen molar-refractivity contribution in [2.45, 2.75) is 19.4 Å². The molecule has 6 nitrogen and oxygen atoms in total. The maximum Gasteiger partial charge on any atom is 0.335 e. The molecular formula is C12H14N2O4. The molecule has 0 amide bonds. The van der Waals surface area contributed by atoms with E-state index in [-0.39, 0.29) is 17.3 Å². The number of hydrogen-bond donors (Lipinski definition) is 2. The molecule has 2 N–H and O–H groups in total. The highest BCUT2D eigenvalue weighted by atomic mass is 16.6. The molecule has 0 heterocycles. The van der Waals surface area contributed by atoms with Crippen molar-refractivity contribution in [2.75, 3.05) is 5.32 Å². The minimum atomic E-state index is -1.19. The third-order valence-corrected chi connectivity index (χ3v) is 2.36. The molecule has 1 aromatic rings. The predicted octanol–water partition coefficient (Wildman–Crippen LogP) is 2.67. The lowest BCUT2D eigenvalue weighted by molar-refractivity contribution is -0.384. The highest BCUT2D eigenvalue weighted by molar-refractivity contribution is 5.89. The average molecular weight is 250 g/mol. The molecule has 0 bridgehead atoms. The van der Waals surface area contributed by atoms with E-state index in [0.29, 0.717) is 12.1 Å². The summed E-state index contributed by atoms with van der Waals surface area (Å²) in [7, 11) is 0. The van der Waals surface area contributed by atoms with E-state index in [4.69, 9.17) is 5.11 Å². The summed E-state index contributed by atoms with van der Waals surface area (Å²) in [6, 6.07) is 3.77. The van der Waals surface area contributed by atoms with Crippen LogP contribution in [0.25, 0.3) is 0 Å². The van der Waals surface area contributed by atoms with Crippen LogP contribution in [0, 0.1) is 10.1 Å². The first-order valence-electron chi connectivity index (χ1n) is 5.35. The number of carboxylic acids is 1. The molecule has 1 aromatic carbocycles. The van der Waals surface area contributed by atoms with Crippen LogP contribution in [-0.2, 0) is 0 Å². The van der Waals surface area contributed by atoms with Crippen LogP contribution in [0.4, 0.5) is 11.4 Å². The molecule has 1 atom stereocenters. The topological polar surface area (TPSA) is 92.5 Å². The third kappa shape index (κ3) is 3.31. The number of nitrogens with one attached hydrogen (secondary N) is 1. The van der Waals surface area contributed by atoms with Gasteiger partial charge in [0.2, 0.25) is 0 Å². The molecule has 1 rings (SSSR count). The number of carbonyl (C=O) groups is 1. The van der Waals surface area contributed by atoms with Crippen molar-refractivity contribution >= 4 is 17.3 Å². The Morgan fingerprint density at radius 3 is 2.83 bits per heavy atom. The second-order valence-corrected chi connectivity index (χ2v) is 3.86. The first kappa shape index (κ1) is 13.7. The predicted molar refractivity (Wildman–Crippen MR) is 68.0 cm³/mol. The lowest BCUT2D eigenvalue weighted by atomic mass is 10.1. The molecule has 0 fully saturated rings. The van der Waals surface area contributed by atoms with Crippen molar-refractivity contribution in [1.29, 1.82) is 0 Å². The summed E-state index contributed by atoms with van der Waals surface area (Å²) in [5.41, 5.74) is -0.0474. The summed E-state index contributed by atoms with van der Waals surface area (Å²) < 4.78 is 0. The Kier molecular flexibility index (Phi) is 4.42. The number of anilines is 1. The minimum absolute atomic E-state index is 0.0168. The largest absolute Gasteiger partial charge is 0.478 e. The Morgan fingerprint density at radius 2 is 2.33 bits per heavy atom. The van der Waals surface area contributed by atoms with Crippen molar-refractivity contribution in [3.8, 4) is 0 Å². The van der Waals surface area contributed by atoms with Gasteiger partial charge in [-0.1, -0.05) is 6.08 Å². The van der Waals surface area contributed by atoms with Crippen LogP contribution in [0.15, 0.2) is 30.9 Å². The second kappa shape index (κ2) is 5.81. The van der Waals surface area contributed by atoms with Gasteiger partial charge in [-0.05, 0) is 25.5 Å². The average Bonchev–Trinajstić information content (AvgIpc) is 2.29. The fourth-order valence-electron chi connectivity index (χ4n) is 1.51. The van der Waals surface area contributed by atoms with Crippen molar-refractivity contribution < 1.29 is 14.8 Å². The van der Waals surface area contributed by atoms with E-state index in [1.54, 1.807) is 6.08 Å². The number of nitro groups is 1. The van der Waals surface area contributed by atoms with Crippen molar-refractivity contribution in [3.05, 3.63) is 46.5 Å². The van der Waals surface area contributed by atoms with Gasteiger partial charge < -0.3 is 10.4 Å². The zero-order valence-corrected chi connectivity index (χ0v) is 9.92. The van der Waals surface area contributed by atoms with Gasteiger partial charge in [-0.15, -0.1) is 6.58 Å². The number of carboxylic acid groups (broad SMARTS) is 1. The fourth-order valence-corrected chi connectivity index (χ4v) is 1.51. The van der Waals surface area contributed by atoms with Crippen LogP contribution in [-0.4, -0.2) is 22.0 Å². The van der Waals surface area contributed by atoms with Crippen LogP contribution in [0.1, 0.15) is 23.7 Å². The van der Waals surface area contributed by atoms with Crippen molar-refractivity contribution in [2.24, 2.45) is 0 Å². The summed E-state index contributed by atoms with van der Waals surface area (Å²) in [6.07, 6.45) is 2.35. The Hall–Kier alpha value is -2.37. The van der Waals surface area contributed by atoms with Crippen LogP contribution >= 0.6 is 0 Å². The molecule has 18 heavy (non-hydrogen) atoms. The molecular weight excluding hydrogens is 236 g/mol. The number of aromatic carboxylic acids is 1. The van der Waals surface area contributed by atoms with Gasteiger partial charge in [0.15, 0.2) is 0 Å². The maximum absolute atomic E-state index is 10.9. The molecule has 0 saturated carbocycles. The molecule has 0 aliphatic carbocycles. The Balaban J connectivity index is 3.07. The van der Waals surface area contributed by atoms with E-state index in [0.717, 1.165) is 6.07 Å². The summed E-state index contributed by atoms with van der Waals surface area (Å²) >= 11 is 0. The van der Waals surface area contributed by atoms with Crippen LogP contribution in [0.5, 0.6) is 0 Å². The first-order valence-corrected chi connectivity index (χ1v) is 5.35. The quantitative estimate of drug-likeness (QED) is 0.460. The Labute approximate surface area is 104 Å². The smallest absolute Gasteiger partial charge is 0.335 e. The number of benzene rings is 1. The first-order chi connectivity index (χ1) is 8.45. The van der Waals surface area contributed by atoms with E-state index in [9.17, 15) is 14.9 Å². The summed E-state index contributed by atoms with van der Waals surface area (Å²) in [5, 5.41) is 22.6. The highest BCUT2D eigenvalue weighted by Crippen LogP contribution is 2.26. The van der Waals surface area contributed by atoms with Crippen molar-refractivity contribution in [1.82, 2.24) is 0 Å². The van der Waals surface area contributed by atoms with Crippen molar-refractivity contribution in [3.63, 3.8) is 0 Å². The van der Waals surface area contributed by atoms with Gasteiger partial charge in [-0.3, -0.25) is 10.1 Å². The second-order valence-electron chi connectivity index (χ2n) is 3.86. The van der Waals surface area contributed by atoms with E-state index in [1.165, 1.54) is 12.1 Å². The summed E-state index contributed by atoms with van der Waals surface area (Å²) in [5.74, 6) is -1.19. The lowest BCUT2D eigenvalue weighted by Gasteiger charge is -2.13. The van der Waals surface area contributed by atoms with Crippen LogP contribution in [0.2, 0.25) is 0 Å². The van der Waals surface area contributed by atoms with Gasteiger partial charge in [0.05, 0.1) is 10.5 Å². The molecule has 0 aromatic heterocycles. The number of nitrogens with zero attached hydrogens (tertiary/aromatic N) is 1. The monoisotopic (exact) mass is 250 g/mol. The molecule has 96 valence electrons. The fraction of sp³-hybridized carbons (Fsp3) is 0.250. The van der Waals surface area contributed by atoms with E-state index in [2.05, 4.69) is 11.9 Å². The molecule has 1 unspecified atom stereocenters. The van der Waals surface area contributed by atoms with E-state index in [1.807, 2.05) is 6.92 Å². The van der Waals surface area contributed by atoms with Crippen LogP contribution in [0.3, 0.4) is 0 Å². The Morgan fingerprint density at radius 1 is 1.67 bits per heavy atom. The lowest BCUT2D eigenvalue weighted by Crippen LogP contribution is -2.15. The minimum Gasteiger partial charge on any atom is -0.478 e. The van der Waals surface area contributed by atoms with Gasteiger partial charge in [0.25, 0.3) is 5.69 Å². The van der Waals surface area contributed by atoms with Crippen LogP contribution < -0.4 is 5.32 Å². The molecule has 0 spiro atoms. The number of rotatable bonds is 6. The van der Waals surface area contributed by atoms with Gasteiger partial charge in [0, 0.05) is 12.1 Å². The zero-order valence-electron chi connectivity index (χ0n) is 9.92. The normalized spacial score (nSPS) is 11.6. The molecule has 6 heteroatoms. The van der Waals surface area contributed by atoms with Gasteiger partial charge >= 0.3 is 5.97 Å². The SMILES string of the molecule is C=CCC(C)Nc1ccc(C(=O)O)cc1[N+](=O)[O-]. The maximum atomic E-state index is 10.9. The summed E-state index contributed by atoms with van der Waals surface area (Å²) in [4.78, 5) is 21.0. The third-order valence-electron chi connectivity index (χ3n) is 2.36. The molecule has 0 aliphatic rings. The summed E-state index contributed by atoms with van der Waals surface area (Å²) in [6.45, 7) is 5.44. The highest BCUT2D eigenvalue weighted by Gasteiger charge is 2.18. The molecule has 0 saturated heterocycles. The standard InChI is InChI=1S/C12H14N2O4/c1-3-4-8(2)13-10-6-5-9(12(15)16)7-11(10)14(17)18/h3,5-8,13H,1,4H2,2H3,(H,15,16). The van der Waals surface area contributed by atoms with E-state index >= 15 is 0 Å². The Bertz CT molecular complexity index is 485.